The number of para-hydroxylation sites is 1. The molecule has 1 amide bonds. The van der Waals surface area contributed by atoms with Crippen LogP contribution in [-0.4, -0.2) is 48.2 Å². The van der Waals surface area contributed by atoms with Crippen LogP contribution in [0, 0.1) is 0 Å². The Morgan fingerprint density at radius 2 is 2.14 bits per heavy atom. The molecule has 0 N–H and O–H groups in total. The van der Waals surface area contributed by atoms with Gasteiger partial charge in [0.25, 0.3) is 0 Å². The fourth-order valence-electron chi connectivity index (χ4n) is 3.67. The van der Waals surface area contributed by atoms with Crippen LogP contribution in [0.1, 0.15) is 18.6 Å². The van der Waals surface area contributed by atoms with Gasteiger partial charge < -0.3 is 14.1 Å². The van der Waals surface area contributed by atoms with Gasteiger partial charge in [-0.2, -0.15) is 0 Å². The number of carbonyl (C=O) groups is 1. The molecule has 1 aromatic heterocycles. The Balaban J connectivity index is 1.50. The highest BCUT2D eigenvalue weighted by Gasteiger charge is 2.46. The van der Waals surface area contributed by atoms with E-state index in [1.807, 2.05) is 18.2 Å². The molecule has 22 heavy (non-hydrogen) atoms. The number of fused-ring (bicyclic) bond motifs is 1. The Bertz CT molecular complexity index is 678. The van der Waals surface area contributed by atoms with Gasteiger partial charge in [-0.25, -0.2) is 4.79 Å². The van der Waals surface area contributed by atoms with E-state index in [2.05, 4.69) is 17.0 Å². The number of likely N-dealkylation sites (N-methyl/N-ethyl adjacent to an activating group) is 1. The van der Waals surface area contributed by atoms with Crippen LogP contribution in [0.25, 0.3) is 11.0 Å². The van der Waals surface area contributed by atoms with Crippen LogP contribution < -0.4 is 0 Å². The maximum atomic E-state index is 11.7. The molecule has 1 spiro atoms. The molecule has 1 aromatic carbocycles. The molecule has 1 atom stereocenters. The van der Waals surface area contributed by atoms with E-state index in [-0.39, 0.29) is 11.7 Å². The summed E-state index contributed by atoms with van der Waals surface area (Å²) in [5.74, 6) is 0.968. The van der Waals surface area contributed by atoms with E-state index >= 15 is 0 Å². The van der Waals surface area contributed by atoms with Crippen molar-refractivity contribution in [2.45, 2.75) is 25.0 Å². The first-order chi connectivity index (χ1) is 10.6. The molecule has 2 aliphatic rings. The zero-order valence-electron chi connectivity index (χ0n) is 12.7. The lowest BCUT2D eigenvalue weighted by Crippen LogP contribution is -2.50. The summed E-state index contributed by atoms with van der Waals surface area (Å²) in [5, 5.41) is 1.14. The fraction of sp³-hybridized carbons (Fsp3) is 0.471. The van der Waals surface area contributed by atoms with Gasteiger partial charge in [-0.3, -0.25) is 4.90 Å². The van der Waals surface area contributed by atoms with Gasteiger partial charge >= 0.3 is 6.09 Å². The normalized spacial score (nSPS) is 26.0. The first kappa shape index (κ1) is 13.6. The van der Waals surface area contributed by atoms with Gasteiger partial charge in [-0.1, -0.05) is 18.2 Å². The molecule has 0 radical (unpaired) electrons. The van der Waals surface area contributed by atoms with Crippen molar-refractivity contribution in [1.29, 1.82) is 0 Å². The van der Waals surface area contributed by atoms with E-state index < -0.39 is 0 Å². The summed E-state index contributed by atoms with van der Waals surface area (Å²) >= 11 is 0. The van der Waals surface area contributed by atoms with Crippen molar-refractivity contribution >= 4 is 17.1 Å². The molecule has 0 bridgehead atoms. The number of furan rings is 1. The molecular formula is C17H20N2O3. The first-order valence-electron chi connectivity index (χ1n) is 7.78. The van der Waals surface area contributed by atoms with Gasteiger partial charge in [0, 0.05) is 19.0 Å². The summed E-state index contributed by atoms with van der Waals surface area (Å²) in [5.41, 5.74) is 0.590. The average Bonchev–Trinajstić information content (AvgIpc) is 3.00. The second kappa shape index (κ2) is 5.02. The van der Waals surface area contributed by atoms with Crippen molar-refractivity contribution < 1.29 is 13.9 Å². The minimum atomic E-state index is -0.337. The first-order valence-corrected chi connectivity index (χ1v) is 7.78. The summed E-state index contributed by atoms with van der Waals surface area (Å²) < 4.78 is 11.5. The van der Waals surface area contributed by atoms with Crippen LogP contribution >= 0.6 is 0 Å². The number of hydrogen-bond donors (Lipinski definition) is 0. The highest BCUT2D eigenvalue weighted by molar-refractivity contribution is 5.77. The van der Waals surface area contributed by atoms with Crippen molar-refractivity contribution in [3.63, 3.8) is 0 Å². The van der Waals surface area contributed by atoms with E-state index in [0.717, 1.165) is 49.2 Å². The number of hydrogen-bond acceptors (Lipinski definition) is 4. The van der Waals surface area contributed by atoms with Crippen LogP contribution in [0.5, 0.6) is 0 Å². The fourth-order valence-corrected chi connectivity index (χ4v) is 3.67. The molecule has 2 aliphatic heterocycles. The number of amides is 1. The van der Waals surface area contributed by atoms with Gasteiger partial charge in [0.2, 0.25) is 0 Å². The number of likely N-dealkylation sites (tertiary alicyclic amines) is 1. The Labute approximate surface area is 129 Å². The minimum Gasteiger partial charge on any atom is -0.460 e. The topological polar surface area (TPSA) is 45.9 Å². The zero-order chi connectivity index (χ0) is 15.2. The maximum absolute atomic E-state index is 11.7. The quantitative estimate of drug-likeness (QED) is 0.855. The zero-order valence-corrected chi connectivity index (χ0v) is 12.7. The molecule has 0 saturated carbocycles. The second-order valence-electron chi connectivity index (χ2n) is 6.47. The molecule has 2 fully saturated rings. The maximum Gasteiger partial charge on any atom is 0.410 e. The average molecular weight is 300 g/mol. The lowest BCUT2D eigenvalue weighted by Gasteiger charge is -2.37. The van der Waals surface area contributed by atoms with Crippen molar-refractivity contribution in [1.82, 2.24) is 9.80 Å². The van der Waals surface area contributed by atoms with Crippen molar-refractivity contribution in [2.24, 2.45) is 0 Å². The molecule has 5 nitrogen and oxygen atoms in total. The molecule has 2 saturated heterocycles. The molecule has 116 valence electrons. The number of nitrogens with zero attached hydrogens (tertiary/aromatic N) is 2. The summed E-state index contributed by atoms with van der Waals surface area (Å²) in [6.45, 7) is 3.24. The summed E-state index contributed by atoms with van der Waals surface area (Å²) in [7, 11) is 1.80. The van der Waals surface area contributed by atoms with Crippen LogP contribution in [0.2, 0.25) is 0 Å². The van der Waals surface area contributed by atoms with Crippen molar-refractivity contribution in [3.05, 3.63) is 36.1 Å². The van der Waals surface area contributed by atoms with Gasteiger partial charge in [-0.05, 0) is 31.5 Å². The lowest BCUT2D eigenvalue weighted by atomic mass is 9.93. The third-order valence-corrected chi connectivity index (χ3v) is 4.62. The Morgan fingerprint density at radius 1 is 1.27 bits per heavy atom. The summed E-state index contributed by atoms with van der Waals surface area (Å²) in [6, 6.07) is 10.2. The number of rotatable bonds is 2. The second-order valence-corrected chi connectivity index (χ2v) is 6.47. The number of benzene rings is 1. The molecule has 0 aliphatic carbocycles. The van der Waals surface area contributed by atoms with Gasteiger partial charge in [-0.15, -0.1) is 0 Å². The molecule has 2 aromatic rings. The minimum absolute atomic E-state index is 0.203. The third kappa shape index (κ3) is 2.35. The van der Waals surface area contributed by atoms with Crippen LogP contribution in [0.4, 0.5) is 4.79 Å². The Morgan fingerprint density at radius 3 is 2.91 bits per heavy atom. The van der Waals surface area contributed by atoms with Crippen LogP contribution in [-0.2, 0) is 11.3 Å². The standard InChI is InChI=1S/C17H20N2O3/c1-18-11-17(22-16(18)20)7-4-8-19(12-17)10-14-9-13-5-2-3-6-15(13)21-14/h2-3,5-6,9H,4,7-8,10-12H2,1H3/t17-/m1/s1. The largest absolute Gasteiger partial charge is 0.460 e. The van der Waals surface area contributed by atoms with Crippen molar-refractivity contribution in [3.8, 4) is 0 Å². The summed E-state index contributed by atoms with van der Waals surface area (Å²) in [6.07, 6.45) is 1.78. The smallest absolute Gasteiger partial charge is 0.410 e. The highest BCUT2D eigenvalue weighted by atomic mass is 16.6. The number of carbonyl (C=O) groups excluding carboxylic acids is 1. The number of ether oxygens (including phenoxy) is 1. The molecule has 4 rings (SSSR count). The monoisotopic (exact) mass is 300 g/mol. The van der Waals surface area contributed by atoms with E-state index in [4.69, 9.17) is 9.15 Å². The summed E-state index contributed by atoms with van der Waals surface area (Å²) in [4.78, 5) is 15.7. The highest BCUT2D eigenvalue weighted by Crippen LogP contribution is 2.32. The molecule has 0 unspecified atom stereocenters. The third-order valence-electron chi connectivity index (χ3n) is 4.62. The SMILES string of the molecule is CN1C[C@@]2(CCCN(Cc3cc4ccccc4o3)C2)OC1=O. The van der Waals surface area contributed by atoms with Gasteiger partial charge in [0.15, 0.2) is 0 Å². The molecule has 5 heteroatoms. The van der Waals surface area contributed by atoms with E-state index in [1.54, 1.807) is 11.9 Å². The van der Waals surface area contributed by atoms with Gasteiger partial charge in [0.05, 0.1) is 13.1 Å². The predicted octanol–water partition coefficient (Wildman–Crippen LogP) is 2.85. The van der Waals surface area contributed by atoms with E-state index in [1.165, 1.54) is 0 Å². The predicted molar refractivity (Wildman–Crippen MR) is 82.6 cm³/mol. The van der Waals surface area contributed by atoms with Crippen LogP contribution in [0.15, 0.2) is 34.7 Å². The molecule has 3 heterocycles. The number of piperidine rings is 1. The lowest BCUT2D eigenvalue weighted by molar-refractivity contribution is -0.0129. The van der Waals surface area contributed by atoms with E-state index in [0.29, 0.717) is 6.54 Å². The van der Waals surface area contributed by atoms with Crippen LogP contribution in [0.3, 0.4) is 0 Å². The van der Waals surface area contributed by atoms with Crippen molar-refractivity contribution in [2.75, 3.05) is 26.7 Å². The van der Waals surface area contributed by atoms with Gasteiger partial charge in [0.1, 0.15) is 16.9 Å². The van der Waals surface area contributed by atoms with E-state index in [9.17, 15) is 4.79 Å². The Hall–Kier alpha value is -2.01. The molecular weight excluding hydrogens is 280 g/mol. The Kier molecular flexibility index (Phi) is 3.11.